The Morgan fingerprint density at radius 3 is 2.43 bits per heavy atom. The van der Waals surface area contributed by atoms with Gasteiger partial charge in [-0.1, -0.05) is 0 Å². The molecule has 2 N–H and O–H groups in total. The summed E-state index contributed by atoms with van der Waals surface area (Å²) in [4.78, 5) is 8.24. The van der Waals surface area contributed by atoms with Crippen molar-refractivity contribution in [1.82, 2.24) is 9.97 Å². The summed E-state index contributed by atoms with van der Waals surface area (Å²) in [5.74, 6) is 0.615. The van der Waals surface area contributed by atoms with Gasteiger partial charge in [0.1, 0.15) is 0 Å². The highest BCUT2D eigenvalue weighted by Gasteiger charge is 2.06. The number of aliphatic hydroxyl groups excluding tert-OH is 1. The van der Waals surface area contributed by atoms with Gasteiger partial charge in [0, 0.05) is 18.4 Å². The molecule has 0 aliphatic rings. The van der Waals surface area contributed by atoms with E-state index in [2.05, 4.69) is 15.3 Å². The van der Waals surface area contributed by atoms with Gasteiger partial charge in [0.05, 0.1) is 6.10 Å². The molecule has 0 aliphatic heterocycles. The maximum Gasteiger partial charge on any atom is 0.222 e. The fraction of sp³-hybridized carbons (Fsp3) is 0.600. The summed E-state index contributed by atoms with van der Waals surface area (Å²) in [5.41, 5.74) is 1.04. The highest BCUT2D eigenvalue weighted by Crippen LogP contribution is 2.04. The highest BCUT2D eigenvalue weighted by atomic mass is 16.3. The number of aliphatic hydroxyl groups is 1. The molecular formula is C10H17N3O. The number of aryl methyl sites for hydroxylation is 1. The Balaban J connectivity index is 2.47. The summed E-state index contributed by atoms with van der Waals surface area (Å²) < 4.78 is 0. The second kappa shape index (κ2) is 4.91. The van der Waals surface area contributed by atoms with Crippen LogP contribution in [0.5, 0.6) is 0 Å². The molecule has 0 aliphatic carbocycles. The van der Waals surface area contributed by atoms with Gasteiger partial charge >= 0.3 is 0 Å². The Labute approximate surface area is 84.4 Å². The monoisotopic (exact) mass is 195 g/mol. The third-order valence-electron chi connectivity index (χ3n) is 1.85. The maximum atomic E-state index is 9.16. The summed E-state index contributed by atoms with van der Waals surface area (Å²) >= 11 is 0. The highest BCUT2D eigenvalue weighted by molar-refractivity contribution is 5.25. The lowest BCUT2D eigenvalue weighted by molar-refractivity contribution is 0.179. The Kier molecular flexibility index (Phi) is 3.83. The zero-order valence-corrected chi connectivity index (χ0v) is 8.86. The van der Waals surface area contributed by atoms with Gasteiger partial charge < -0.3 is 10.4 Å². The van der Waals surface area contributed by atoms with E-state index in [-0.39, 0.29) is 12.1 Å². The first-order chi connectivity index (χ1) is 6.58. The number of nitrogens with zero attached hydrogens (tertiary/aromatic N) is 2. The molecule has 0 radical (unpaired) electrons. The molecule has 1 aromatic rings. The molecule has 4 heteroatoms. The number of anilines is 1. The Hall–Kier alpha value is -1.16. The van der Waals surface area contributed by atoms with Gasteiger partial charge in [-0.2, -0.15) is 0 Å². The second-order valence-electron chi connectivity index (χ2n) is 3.71. The zero-order valence-electron chi connectivity index (χ0n) is 8.86. The van der Waals surface area contributed by atoms with Gasteiger partial charge in [-0.3, -0.25) is 0 Å². The molecule has 2 unspecified atom stereocenters. The Morgan fingerprint density at radius 1 is 1.36 bits per heavy atom. The Bertz CT molecular complexity index is 271. The summed E-state index contributed by atoms with van der Waals surface area (Å²) in [6.45, 7) is 5.72. The van der Waals surface area contributed by atoms with Gasteiger partial charge in [-0.05, 0) is 32.8 Å². The molecule has 1 heterocycles. The fourth-order valence-corrected chi connectivity index (χ4v) is 1.26. The first kappa shape index (κ1) is 10.9. The van der Waals surface area contributed by atoms with Crippen molar-refractivity contribution in [1.29, 1.82) is 0 Å². The van der Waals surface area contributed by atoms with E-state index in [4.69, 9.17) is 5.11 Å². The van der Waals surface area contributed by atoms with E-state index in [0.717, 1.165) is 5.56 Å². The van der Waals surface area contributed by atoms with E-state index in [0.29, 0.717) is 12.4 Å². The van der Waals surface area contributed by atoms with Crippen molar-refractivity contribution in [3.05, 3.63) is 18.0 Å². The number of hydrogen-bond donors (Lipinski definition) is 2. The predicted molar refractivity (Wildman–Crippen MR) is 56.2 cm³/mol. The van der Waals surface area contributed by atoms with Gasteiger partial charge in [0.25, 0.3) is 0 Å². The van der Waals surface area contributed by atoms with Crippen LogP contribution >= 0.6 is 0 Å². The van der Waals surface area contributed by atoms with E-state index in [1.165, 1.54) is 0 Å². The number of nitrogens with one attached hydrogen (secondary N) is 1. The summed E-state index contributed by atoms with van der Waals surface area (Å²) in [5, 5.41) is 12.3. The summed E-state index contributed by atoms with van der Waals surface area (Å²) in [7, 11) is 0. The van der Waals surface area contributed by atoms with Crippen LogP contribution in [0.2, 0.25) is 0 Å². The predicted octanol–water partition coefficient (Wildman–Crippen LogP) is 1.36. The molecule has 1 rings (SSSR count). The topological polar surface area (TPSA) is 58.0 Å². The average Bonchev–Trinajstić information content (AvgIpc) is 2.07. The smallest absolute Gasteiger partial charge is 0.222 e. The molecule has 4 nitrogen and oxygen atoms in total. The Morgan fingerprint density at radius 2 is 1.93 bits per heavy atom. The van der Waals surface area contributed by atoms with Gasteiger partial charge in [-0.15, -0.1) is 0 Å². The molecule has 1 aromatic heterocycles. The molecule has 0 bridgehead atoms. The zero-order chi connectivity index (χ0) is 10.6. The first-order valence-electron chi connectivity index (χ1n) is 4.81. The third-order valence-corrected chi connectivity index (χ3v) is 1.85. The normalized spacial score (nSPS) is 14.9. The van der Waals surface area contributed by atoms with E-state index >= 15 is 0 Å². The van der Waals surface area contributed by atoms with Crippen molar-refractivity contribution in [3.8, 4) is 0 Å². The molecule has 0 amide bonds. The molecule has 0 saturated heterocycles. The van der Waals surface area contributed by atoms with Gasteiger partial charge in [0.15, 0.2) is 0 Å². The molecule has 0 aromatic carbocycles. The lowest BCUT2D eigenvalue weighted by atomic mass is 10.2. The molecule has 0 saturated carbocycles. The van der Waals surface area contributed by atoms with Crippen molar-refractivity contribution in [2.75, 3.05) is 5.32 Å². The average molecular weight is 195 g/mol. The lowest BCUT2D eigenvalue weighted by Gasteiger charge is -2.14. The van der Waals surface area contributed by atoms with E-state index in [9.17, 15) is 0 Å². The standard InChI is InChI=1S/C10H17N3O/c1-7-5-11-10(12-6-7)13-8(2)4-9(3)14/h5-6,8-9,14H,4H2,1-3H3,(H,11,12,13). The van der Waals surface area contributed by atoms with Crippen molar-refractivity contribution in [3.63, 3.8) is 0 Å². The van der Waals surface area contributed by atoms with Crippen LogP contribution in [0.3, 0.4) is 0 Å². The minimum atomic E-state index is -0.303. The van der Waals surface area contributed by atoms with Crippen molar-refractivity contribution < 1.29 is 5.11 Å². The first-order valence-corrected chi connectivity index (χ1v) is 4.81. The molecular weight excluding hydrogens is 178 g/mol. The van der Waals surface area contributed by atoms with Crippen LogP contribution in [-0.2, 0) is 0 Å². The van der Waals surface area contributed by atoms with E-state index in [1.807, 2.05) is 13.8 Å². The molecule has 0 spiro atoms. The van der Waals surface area contributed by atoms with Gasteiger partial charge in [0.2, 0.25) is 5.95 Å². The third kappa shape index (κ3) is 3.70. The van der Waals surface area contributed by atoms with Crippen LogP contribution in [-0.4, -0.2) is 27.2 Å². The maximum absolute atomic E-state index is 9.16. The van der Waals surface area contributed by atoms with Crippen LogP contribution in [0.15, 0.2) is 12.4 Å². The largest absolute Gasteiger partial charge is 0.393 e. The molecule has 78 valence electrons. The number of rotatable bonds is 4. The van der Waals surface area contributed by atoms with Crippen LogP contribution in [0.25, 0.3) is 0 Å². The molecule has 14 heavy (non-hydrogen) atoms. The van der Waals surface area contributed by atoms with Crippen molar-refractivity contribution in [2.45, 2.75) is 39.3 Å². The van der Waals surface area contributed by atoms with Crippen LogP contribution < -0.4 is 5.32 Å². The number of hydrogen-bond acceptors (Lipinski definition) is 4. The van der Waals surface area contributed by atoms with Crippen LogP contribution in [0, 0.1) is 6.92 Å². The van der Waals surface area contributed by atoms with Crippen LogP contribution in [0.4, 0.5) is 5.95 Å². The van der Waals surface area contributed by atoms with Crippen molar-refractivity contribution in [2.24, 2.45) is 0 Å². The quantitative estimate of drug-likeness (QED) is 0.761. The summed E-state index contributed by atoms with van der Waals surface area (Å²) in [6.07, 6.45) is 3.93. The van der Waals surface area contributed by atoms with E-state index in [1.54, 1.807) is 19.3 Å². The van der Waals surface area contributed by atoms with Gasteiger partial charge in [-0.25, -0.2) is 9.97 Å². The second-order valence-corrected chi connectivity index (χ2v) is 3.71. The minimum absolute atomic E-state index is 0.178. The minimum Gasteiger partial charge on any atom is -0.393 e. The van der Waals surface area contributed by atoms with Crippen LogP contribution in [0.1, 0.15) is 25.8 Å². The molecule has 0 fully saturated rings. The molecule has 2 atom stereocenters. The SMILES string of the molecule is Cc1cnc(NC(C)CC(C)O)nc1. The fourth-order valence-electron chi connectivity index (χ4n) is 1.26. The number of aromatic nitrogens is 2. The lowest BCUT2D eigenvalue weighted by Crippen LogP contribution is -2.21. The summed E-state index contributed by atoms with van der Waals surface area (Å²) in [6, 6.07) is 0.178. The van der Waals surface area contributed by atoms with Crippen molar-refractivity contribution >= 4 is 5.95 Å². The van der Waals surface area contributed by atoms with E-state index < -0.39 is 0 Å².